The first-order chi connectivity index (χ1) is 14.1. The van der Waals surface area contributed by atoms with Crippen LogP contribution in [0.1, 0.15) is 75.1 Å². The van der Waals surface area contributed by atoms with Gasteiger partial charge in [-0.3, -0.25) is 4.90 Å². The molecular formula is C23H33N3O3. The molecule has 3 aliphatic rings. The fourth-order valence-electron chi connectivity index (χ4n) is 5.59. The molecule has 2 saturated heterocycles. The number of rotatable bonds is 5. The van der Waals surface area contributed by atoms with Gasteiger partial charge in [0.15, 0.2) is 0 Å². The summed E-state index contributed by atoms with van der Waals surface area (Å²) < 4.78 is 4.99. The lowest BCUT2D eigenvalue weighted by molar-refractivity contribution is -0.00680. The van der Waals surface area contributed by atoms with Crippen molar-refractivity contribution in [3.05, 3.63) is 29.8 Å². The summed E-state index contributed by atoms with van der Waals surface area (Å²) in [5, 5.41) is 6.10. The third kappa shape index (κ3) is 4.74. The van der Waals surface area contributed by atoms with Crippen molar-refractivity contribution in [2.24, 2.45) is 0 Å². The van der Waals surface area contributed by atoms with Crippen molar-refractivity contribution in [1.82, 2.24) is 10.2 Å². The first-order valence-corrected chi connectivity index (χ1v) is 11.3. The number of hydrogen-bond acceptors (Lipinski definition) is 4. The number of ether oxygens (including phenoxy) is 1. The summed E-state index contributed by atoms with van der Waals surface area (Å²) in [6, 6.07) is 8.94. The first kappa shape index (κ1) is 20.2. The zero-order valence-electron chi connectivity index (χ0n) is 17.4. The minimum absolute atomic E-state index is 0.161. The average molecular weight is 400 g/mol. The largest absolute Gasteiger partial charge is 0.462 e. The molecule has 6 heteroatoms. The van der Waals surface area contributed by atoms with Gasteiger partial charge in [-0.2, -0.15) is 0 Å². The van der Waals surface area contributed by atoms with E-state index in [1.165, 1.54) is 44.9 Å². The smallest absolute Gasteiger partial charge is 0.338 e. The highest BCUT2D eigenvalue weighted by molar-refractivity contribution is 5.92. The summed E-state index contributed by atoms with van der Waals surface area (Å²) in [4.78, 5) is 27.1. The van der Waals surface area contributed by atoms with Crippen LogP contribution in [0.5, 0.6) is 0 Å². The maximum atomic E-state index is 12.5. The van der Waals surface area contributed by atoms with E-state index >= 15 is 0 Å². The molecule has 2 N–H and O–H groups in total. The van der Waals surface area contributed by atoms with Crippen molar-refractivity contribution in [3.63, 3.8) is 0 Å². The fraction of sp³-hybridized carbons (Fsp3) is 0.652. The van der Waals surface area contributed by atoms with Gasteiger partial charge in [0.25, 0.3) is 0 Å². The van der Waals surface area contributed by atoms with Crippen LogP contribution in [0.3, 0.4) is 0 Å². The van der Waals surface area contributed by atoms with Crippen molar-refractivity contribution in [3.8, 4) is 0 Å². The standard InChI is InChI=1S/C23H33N3O3/c1-2-29-22(27)16-10-12-17(13-11-16)24-23(28)25-18-14-20-8-5-9-21(15-18)26(20)19-6-3-4-7-19/h10-13,18-21H,2-9,14-15H2,1H3,(H2,24,25,28)/t20-,21-/m1/s1. The predicted molar refractivity (Wildman–Crippen MR) is 113 cm³/mol. The normalized spacial score (nSPS) is 27.4. The Kier molecular flexibility index (Phi) is 6.38. The third-order valence-corrected chi connectivity index (χ3v) is 6.77. The molecule has 0 aromatic heterocycles. The van der Waals surface area contributed by atoms with Crippen molar-refractivity contribution in [2.45, 2.75) is 88.9 Å². The lowest BCUT2D eigenvalue weighted by Gasteiger charge is -2.51. The number of esters is 1. The summed E-state index contributed by atoms with van der Waals surface area (Å²) in [5.74, 6) is -0.343. The number of benzene rings is 1. The second kappa shape index (κ2) is 9.16. The molecule has 3 fully saturated rings. The van der Waals surface area contributed by atoms with Gasteiger partial charge in [-0.25, -0.2) is 9.59 Å². The van der Waals surface area contributed by atoms with E-state index in [9.17, 15) is 9.59 Å². The van der Waals surface area contributed by atoms with Gasteiger partial charge < -0.3 is 15.4 Å². The van der Waals surface area contributed by atoms with Gasteiger partial charge in [0.1, 0.15) is 0 Å². The summed E-state index contributed by atoms with van der Waals surface area (Å²) in [5.41, 5.74) is 1.17. The lowest BCUT2D eigenvalue weighted by Crippen LogP contribution is -2.59. The molecule has 4 rings (SSSR count). The Hall–Kier alpha value is -2.08. The quantitative estimate of drug-likeness (QED) is 0.724. The van der Waals surface area contributed by atoms with Crippen LogP contribution < -0.4 is 10.6 Å². The Morgan fingerprint density at radius 2 is 1.59 bits per heavy atom. The van der Waals surface area contributed by atoms with Crippen molar-refractivity contribution in [1.29, 1.82) is 0 Å². The number of carbonyl (C=O) groups is 2. The Balaban J connectivity index is 1.30. The summed E-state index contributed by atoms with van der Waals surface area (Å²) in [6.45, 7) is 2.13. The van der Waals surface area contributed by atoms with E-state index in [-0.39, 0.29) is 18.0 Å². The first-order valence-electron chi connectivity index (χ1n) is 11.3. The van der Waals surface area contributed by atoms with E-state index < -0.39 is 0 Å². The lowest BCUT2D eigenvalue weighted by atomic mass is 9.80. The molecule has 0 spiro atoms. The predicted octanol–water partition coefficient (Wildman–Crippen LogP) is 4.31. The number of piperidine rings is 2. The summed E-state index contributed by atoms with van der Waals surface area (Å²) in [6.07, 6.45) is 11.4. The maximum Gasteiger partial charge on any atom is 0.338 e. The number of fused-ring (bicyclic) bond motifs is 2. The number of nitrogens with zero attached hydrogens (tertiary/aromatic N) is 1. The van der Waals surface area contributed by atoms with Gasteiger partial charge in [-0.15, -0.1) is 0 Å². The molecule has 158 valence electrons. The van der Waals surface area contributed by atoms with Gasteiger partial charge in [0.05, 0.1) is 12.2 Å². The monoisotopic (exact) mass is 399 g/mol. The fourth-order valence-corrected chi connectivity index (χ4v) is 5.59. The number of nitrogens with one attached hydrogen (secondary N) is 2. The van der Waals surface area contributed by atoms with Crippen LogP contribution in [-0.2, 0) is 4.74 Å². The number of anilines is 1. The third-order valence-electron chi connectivity index (χ3n) is 6.77. The van der Waals surface area contributed by atoms with Gasteiger partial charge in [-0.1, -0.05) is 19.3 Å². The van der Waals surface area contributed by atoms with E-state index in [0.717, 1.165) is 18.9 Å². The Morgan fingerprint density at radius 1 is 0.966 bits per heavy atom. The Bertz CT molecular complexity index is 701. The van der Waals surface area contributed by atoms with E-state index in [2.05, 4.69) is 15.5 Å². The van der Waals surface area contributed by atoms with Gasteiger partial charge in [0, 0.05) is 29.9 Å². The van der Waals surface area contributed by atoms with Crippen LogP contribution in [0.2, 0.25) is 0 Å². The van der Waals surface area contributed by atoms with Crippen molar-refractivity contribution >= 4 is 17.7 Å². The van der Waals surface area contributed by atoms with Crippen LogP contribution in [0.25, 0.3) is 0 Å². The Morgan fingerprint density at radius 3 is 2.21 bits per heavy atom. The maximum absolute atomic E-state index is 12.5. The van der Waals surface area contributed by atoms with E-state index in [0.29, 0.717) is 29.9 Å². The minimum atomic E-state index is -0.343. The molecule has 2 atom stereocenters. The van der Waals surface area contributed by atoms with Crippen LogP contribution in [0.15, 0.2) is 24.3 Å². The second-order valence-corrected chi connectivity index (χ2v) is 8.69. The Labute approximate surface area is 173 Å². The minimum Gasteiger partial charge on any atom is -0.462 e. The molecule has 2 bridgehead atoms. The zero-order chi connectivity index (χ0) is 20.2. The molecular weight excluding hydrogens is 366 g/mol. The number of urea groups is 1. The molecule has 1 aromatic carbocycles. The van der Waals surface area contributed by atoms with Crippen LogP contribution in [0, 0.1) is 0 Å². The van der Waals surface area contributed by atoms with E-state index in [1.807, 2.05) is 0 Å². The number of amides is 2. The molecule has 1 aliphatic carbocycles. The average Bonchev–Trinajstić information content (AvgIpc) is 3.22. The van der Waals surface area contributed by atoms with Crippen molar-refractivity contribution in [2.75, 3.05) is 11.9 Å². The summed E-state index contributed by atoms with van der Waals surface area (Å²) >= 11 is 0. The van der Waals surface area contributed by atoms with Gasteiger partial charge in [0.2, 0.25) is 0 Å². The van der Waals surface area contributed by atoms with Crippen LogP contribution in [0.4, 0.5) is 10.5 Å². The molecule has 1 saturated carbocycles. The van der Waals surface area contributed by atoms with Gasteiger partial charge in [-0.05, 0) is 69.7 Å². The summed E-state index contributed by atoms with van der Waals surface area (Å²) in [7, 11) is 0. The highest BCUT2D eigenvalue weighted by Crippen LogP contribution is 2.39. The molecule has 0 unspecified atom stereocenters. The highest BCUT2D eigenvalue weighted by Gasteiger charge is 2.42. The molecule has 2 aliphatic heterocycles. The van der Waals surface area contributed by atoms with E-state index in [1.54, 1.807) is 31.2 Å². The molecule has 2 heterocycles. The highest BCUT2D eigenvalue weighted by atomic mass is 16.5. The van der Waals surface area contributed by atoms with Crippen LogP contribution in [-0.4, -0.2) is 47.7 Å². The van der Waals surface area contributed by atoms with Crippen LogP contribution >= 0.6 is 0 Å². The number of carbonyl (C=O) groups excluding carboxylic acids is 2. The topological polar surface area (TPSA) is 70.7 Å². The molecule has 2 amide bonds. The molecule has 1 aromatic rings. The molecule has 29 heavy (non-hydrogen) atoms. The molecule has 0 radical (unpaired) electrons. The number of hydrogen-bond donors (Lipinski definition) is 2. The molecule has 6 nitrogen and oxygen atoms in total. The van der Waals surface area contributed by atoms with E-state index in [4.69, 9.17) is 4.74 Å². The zero-order valence-corrected chi connectivity index (χ0v) is 17.4. The van der Waals surface area contributed by atoms with Crippen molar-refractivity contribution < 1.29 is 14.3 Å². The van der Waals surface area contributed by atoms with Gasteiger partial charge >= 0.3 is 12.0 Å². The SMILES string of the molecule is CCOC(=O)c1ccc(NC(=O)NC2C[C@H]3CCC[C@H](C2)N3C2CCCC2)cc1. The second-order valence-electron chi connectivity index (χ2n) is 8.69.